The van der Waals surface area contributed by atoms with E-state index in [-0.39, 0.29) is 22.4 Å². The molecular formula is C19H23N3O3S. The van der Waals surface area contributed by atoms with Crippen LogP contribution in [0.1, 0.15) is 29.5 Å². The Kier molecular flexibility index (Phi) is 5.88. The van der Waals surface area contributed by atoms with Crippen LogP contribution in [0.5, 0.6) is 0 Å². The summed E-state index contributed by atoms with van der Waals surface area (Å²) in [5.41, 5.74) is 0.766. The molecule has 0 radical (unpaired) electrons. The van der Waals surface area contributed by atoms with Crippen molar-refractivity contribution in [3.8, 4) is 0 Å². The number of nitro benzene ring substituents is 1. The van der Waals surface area contributed by atoms with E-state index in [1.807, 2.05) is 11.0 Å². The zero-order valence-electron chi connectivity index (χ0n) is 14.8. The van der Waals surface area contributed by atoms with Gasteiger partial charge in [0.2, 0.25) is 5.91 Å². The van der Waals surface area contributed by atoms with Crippen molar-refractivity contribution in [2.24, 2.45) is 5.92 Å². The number of hydrogen-bond donors (Lipinski definition) is 1. The minimum atomic E-state index is -0.348. The summed E-state index contributed by atoms with van der Waals surface area (Å²) in [5.74, 6) is 0.0540. The Morgan fingerprint density at radius 2 is 1.92 bits per heavy atom. The molecule has 1 aliphatic rings. The molecule has 6 nitrogen and oxygen atoms in total. The second-order valence-corrected chi connectivity index (χ2v) is 7.70. The van der Waals surface area contributed by atoms with Crippen LogP contribution >= 0.6 is 11.3 Å². The van der Waals surface area contributed by atoms with E-state index in [0.29, 0.717) is 38.2 Å². The first-order valence-electron chi connectivity index (χ1n) is 8.92. The second-order valence-electron chi connectivity index (χ2n) is 6.45. The molecule has 0 atom stereocenters. The van der Waals surface area contributed by atoms with E-state index in [4.69, 9.17) is 0 Å². The number of carbonyl (C=O) groups is 1. The van der Waals surface area contributed by atoms with Crippen molar-refractivity contribution >= 4 is 28.6 Å². The van der Waals surface area contributed by atoms with Crippen LogP contribution in [0.25, 0.3) is 0 Å². The van der Waals surface area contributed by atoms with E-state index < -0.39 is 0 Å². The number of para-hydroxylation sites is 2. The molecule has 1 N–H and O–H groups in total. The van der Waals surface area contributed by atoms with Crippen molar-refractivity contribution in [3.05, 3.63) is 56.3 Å². The van der Waals surface area contributed by atoms with Crippen molar-refractivity contribution in [2.75, 3.05) is 18.0 Å². The number of hydrogen-bond acceptors (Lipinski definition) is 5. The van der Waals surface area contributed by atoms with Crippen molar-refractivity contribution in [1.29, 1.82) is 0 Å². The summed E-state index contributed by atoms with van der Waals surface area (Å²) in [5, 5.41) is 14.2. The molecule has 0 aliphatic carbocycles. The van der Waals surface area contributed by atoms with E-state index in [1.54, 1.807) is 23.5 Å². The first kappa shape index (κ1) is 18.4. The van der Waals surface area contributed by atoms with Gasteiger partial charge in [-0.3, -0.25) is 14.9 Å². The molecule has 2 aromatic rings. The van der Waals surface area contributed by atoms with Crippen LogP contribution in [0, 0.1) is 16.0 Å². The number of anilines is 1. The molecule has 1 fully saturated rings. The molecule has 7 heteroatoms. The number of nitrogens with one attached hydrogen (secondary N) is 1. The summed E-state index contributed by atoms with van der Waals surface area (Å²) in [4.78, 5) is 27.8. The molecule has 2 heterocycles. The largest absolute Gasteiger partial charge is 0.366 e. The Balaban J connectivity index is 1.53. The van der Waals surface area contributed by atoms with Gasteiger partial charge in [0.05, 0.1) is 11.5 Å². The molecule has 0 spiro atoms. The lowest BCUT2D eigenvalue weighted by Crippen LogP contribution is -2.40. The van der Waals surface area contributed by atoms with Crippen LogP contribution in [0.4, 0.5) is 11.4 Å². The third-order valence-electron chi connectivity index (χ3n) is 4.79. The molecule has 1 saturated heterocycles. The number of piperidine rings is 1. The van der Waals surface area contributed by atoms with Crippen molar-refractivity contribution < 1.29 is 9.72 Å². The van der Waals surface area contributed by atoms with E-state index >= 15 is 0 Å². The van der Waals surface area contributed by atoms with Crippen LogP contribution in [-0.2, 0) is 17.8 Å². The smallest absolute Gasteiger partial charge is 0.292 e. The zero-order chi connectivity index (χ0) is 18.5. The fraction of sp³-hybridized carbons (Fsp3) is 0.421. The summed E-state index contributed by atoms with van der Waals surface area (Å²) in [6.45, 7) is 4.01. The summed E-state index contributed by atoms with van der Waals surface area (Å²) in [7, 11) is 0. The van der Waals surface area contributed by atoms with Gasteiger partial charge in [-0.05, 0) is 37.5 Å². The quantitative estimate of drug-likeness (QED) is 0.618. The molecule has 1 aliphatic heterocycles. The molecule has 0 bridgehead atoms. The van der Waals surface area contributed by atoms with Crippen LogP contribution in [-0.4, -0.2) is 23.9 Å². The van der Waals surface area contributed by atoms with Gasteiger partial charge >= 0.3 is 0 Å². The summed E-state index contributed by atoms with van der Waals surface area (Å²) in [6.07, 6.45) is 2.44. The SMILES string of the molecule is CCc1ccc(CNC(=O)C2CCN(c3ccccc3[N+](=O)[O-])CC2)s1. The highest BCUT2D eigenvalue weighted by molar-refractivity contribution is 7.11. The summed E-state index contributed by atoms with van der Waals surface area (Å²) < 4.78 is 0. The van der Waals surface area contributed by atoms with Gasteiger partial charge in [0.1, 0.15) is 5.69 Å². The van der Waals surface area contributed by atoms with Gasteiger partial charge in [0, 0.05) is 34.8 Å². The van der Waals surface area contributed by atoms with Crippen LogP contribution < -0.4 is 10.2 Å². The Bertz CT molecular complexity index is 782. The van der Waals surface area contributed by atoms with Crippen molar-refractivity contribution in [2.45, 2.75) is 32.7 Å². The van der Waals surface area contributed by atoms with Gasteiger partial charge in [0.25, 0.3) is 5.69 Å². The van der Waals surface area contributed by atoms with Crippen LogP contribution in [0.3, 0.4) is 0 Å². The molecule has 138 valence electrons. The third-order valence-corrected chi connectivity index (χ3v) is 6.02. The minimum Gasteiger partial charge on any atom is -0.366 e. The summed E-state index contributed by atoms with van der Waals surface area (Å²) >= 11 is 1.74. The lowest BCUT2D eigenvalue weighted by molar-refractivity contribution is -0.384. The molecule has 1 amide bonds. The highest BCUT2D eigenvalue weighted by Gasteiger charge is 2.27. The normalized spacial score (nSPS) is 15.0. The van der Waals surface area contributed by atoms with Gasteiger partial charge in [0.15, 0.2) is 0 Å². The zero-order valence-corrected chi connectivity index (χ0v) is 15.6. The first-order chi connectivity index (χ1) is 12.6. The van der Waals surface area contributed by atoms with Crippen LogP contribution in [0.15, 0.2) is 36.4 Å². The average Bonchev–Trinajstić information content (AvgIpc) is 3.14. The lowest BCUT2D eigenvalue weighted by Gasteiger charge is -2.32. The van der Waals surface area contributed by atoms with Crippen LogP contribution in [0.2, 0.25) is 0 Å². The predicted molar refractivity (Wildman–Crippen MR) is 104 cm³/mol. The number of nitrogens with zero attached hydrogens (tertiary/aromatic N) is 2. The van der Waals surface area contributed by atoms with Gasteiger partial charge in [-0.15, -0.1) is 11.3 Å². The van der Waals surface area contributed by atoms with E-state index in [2.05, 4.69) is 24.4 Å². The number of benzene rings is 1. The molecule has 3 rings (SSSR count). The highest BCUT2D eigenvalue weighted by Crippen LogP contribution is 2.31. The molecule has 1 aromatic heterocycles. The third kappa shape index (κ3) is 4.22. The van der Waals surface area contributed by atoms with Gasteiger partial charge < -0.3 is 10.2 Å². The number of amides is 1. The Hall–Kier alpha value is -2.41. The topological polar surface area (TPSA) is 75.5 Å². The molecule has 1 aromatic carbocycles. The Morgan fingerprint density at radius 1 is 1.23 bits per heavy atom. The standard InChI is InChI=1S/C19H23N3O3S/c1-2-15-7-8-16(26-15)13-20-19(23)14-9-11-21(12-10-14)17-5-3-4-6-18(17)22(24)25/h3-8,14H,2,9-13H2,1H3,(H,20,23). The number of nitro groups is 1. The summed E-state index contributed by atoms with van der Waals surface area (Å²) in [6, 6.07) is 11.0. The Labute approximate surface area is 157 Å². The number of carbonyl (C=O) groups excluding carboxylic acids is 1. The molecule has 0 unspecified atom stereocenters. The number of rotatable bonds is 6. The van der Waals surface area contributed by atoms with E-state index in [0.717, 1.165) is 6.42 Å². The fourth-order valence-electron chi connectivity index (χ4n) is 3.29. The lowest BCUT2D eigenvalue weighted by atomic mass is 9.95. The maximum Gasteiger partial charge on any atom is 0.292 e. The average molecular weight is 373 g/mol. The predicted octanol–water partition coefficient (Wildman–Crippen LogP) is 3.75. The maximum atomic E-state index is 12.4. The van der Waals surface area contributed by atoms with Crippen molar-refractivity contribution in [3.63, 3.8) is 0 Å². The van der Waals surface area contributed by atoms with Gasteiger partial charge in [-0.1, -0.05) is 19.1 Å². The molecular weight excluding hydrogens is 350 g/mol. The number of aryl methyl sites for hydroxylation is 1. The maximum absolute atomic E-state index is 12.4. The van der Waals surface area contributed by atoms with Crippen molar-refractivity contribution in [1.82, 2.24) is 5.32 Å². The fourth-order valence-corrected chi connectivity index (χ4v) is 4.19. The first-order valence-corrected chi connectivity index (χ1v) is 9.73. The highest BCUT2D eigenvalue weighted by atomic mass is 32.1. The Morgan fingerprint density at radius 3 is 2.58 bits per heavy atom. The van der Waals surface area contributed by atoms with Gasteiger partial charge in [-0.25, -0.2) is 0 Å². The monoisotopic (exact) mass is 373 g/mol. The second kappa shape index (κ2) is 8.31. The molecule has 26 heavy (non-hydrogen) atoms. The van der Waals surface area contributed by atoms with E-state index in [1.165, 1.54) is 15.8 Å². The van der Waals surface area contributed by atoms with Gasteiger partial charge in [-0.2, -0.15) is 0 Å². The van der Waals surface area contributed by atoms with E-state index in [9.17, 15) is 14.9 Å². The minimum absolute atomic E-state index is 0.0281. The molecule has 0 saturated carbocycles. The number of thiophene rings is 1.